The lowest BCUT2D eigenvalue weighted by molar-refractivity contribution is -0.125. The van der Waals surface area contributed by atoms with Gasteiger partial charge in [0.05, 0.1) is 19.9 Å². The van der Waals surface area contributed by atoms with Crippen molar-refractivity contribution in [2.24, 2.45) is 11.0 Å². The standard InChI is InChI=1S/C17H24N2O3/c1-12(15-10-9-14(21-2)11-16(15)22-3)18-19-17(20)13-7-5-4-6-8-13/h9-11,13H,4-8H2,1-3H3,(H,19,20). The van der Waals surface area contributed by atoms with Crippen LogP contribution >= 0.6 is 0 Å². The average Bonchev–Trinajstić information content (AvgIpc) is 2.59. The van der Waals surface area contributed by atoms with Gasteiger partial charge in [-0.3, -0.25) is 4.79 Å². The zero-order chi connectivity index (χ0) is 15.9. The number of rotatable bonds is 5. The second-order valence-corrected chi connectivity index (χ2v) is 5.57. The molecule has 1 aliphatic rings. The number of methoxy groups -OCH3 is 2. The van der Waals surface area contributed by atoms with Gasteiger partial charge in [-0.15, -0.1) is 0 Å². The van der Waals surface area contributed by atoms with Crippen LogP contribution in [-0.4, -0.2) is 25.8 Å². The number of nitrogens with one attached hydrogen (secondary N) is 1. The molecule has 1 aliphatic carbocycles. The molecule has 1 saturated carbocycles. The van der Waals surface area contributed by atoms with E-state index in [0.29, 0.717) is 11.5 Å². The Labute approximate surface area is 131 Å². The monoisotopic (exact) mass is 304 g/mol. The maximum atomic E-state index is 12.1. The lowest BCUT2D eigenvalue weighted by atomic mass is 9.89. The molecule has 0 unspecified atom stereocenters. The molecule has 2 rings (SSSR count). The highest BCUT2D eigenvalue weighted by molar-refractivity contribution is 6.01. The van der Waals surface area contributed by atoms with Gasteiger partial charge in [0.2, 0.25) is 5.91 Å². The Bertz CT molecular complexity index is 549. The first kappa shape index (κ1) is 16.3. The van der Waals surface area contributed by atoms with Gasteiger partial charge in [0.15, 0.2) is 0 Å². The summed E-state index contributed by atoms with van der Waals surface area (Å²) in [7, 11) is 3.21. The SMILES string of the molecule is COc1ccc(C(C)=NNC(=O)C2CCCCC2)c(OC)c1. The molecule has 22 heavy (non-hydrogen) atoms. The van der Waals surface area contributed by atoms with Gasteiger partial charge in [0, 0.05) is 17.5 Å². The van der Waals surface area contributed by atoms with Crippen LogP contribution in [0, 0.1) is 5.92 Å². The quantitative estimate of drug-likeness (QED) is 0.671. The smallest absolute Gasteiger partial charge is 0.243 e. The molecule has 0 saturated heterocycles. The molecule has 1 fully saturated rings. The first-order chi connectivity index (χ1) is 10.7. The van der Waals surface area contributed by atoms with E-state index in [4.69, 9.17) is 9.47 Å². The number of ether oxygens (including phenoxy) is 2. The van der Waals surface area contributed by atoms with Gasteiger partial charge < -0.3 is 9.47 Å². The topological polar surface area (TPSA) is 59.9 Å². The maximum absolute atomic E-state index is 12.1. The number of carbonyl (C=O) groups is 1. The van der Waals surface area contributed by atoms with Crippen molar-refractivity contribution in [1.29, 1.82) is 0 Å². The van der Waals surface area contributed by atoms with E-state index in [1.165, 1.54) is 6.42 Å². The van der Waals surface area contributed by atoms with Crippen molar-refractivity contribution in [3.05, 3.63) is 23.8 Å². The number of hydrogen-bond donors (Lipinski definition) is 1. The molecule has 5 heteroatoms. The third kappa shape index (κ3) is 4.00. The fourth-order valence-corrected chi connectivity index (χ4v) is 2.75. The van der Waals surface area contributed by atoms with Gasteiger partial charge in [0.1, 0.15) is 11.5 Å². The molecule has 120 valence electrons. The number of benzene rings is 1. The van der Waals surface area contributed by atoms with Crippen LogP contribution in [-0.2, 0) is 4.79 Å². The number of hydrogen-bond acceptors (Lipinski definition) is 4. The second-order valence-electron chi connectivity index (χ2n) is 5.57. The van der Waals surface area contributed by atoms with E-state index in [-0.39, 0.29) is 11.8 Å². The van der Waals surface area contributed by atoms with Gasteiger partial charge in [-0.2, -0.15) is 5.10 Å². The normalized spacial score (nSPS) is 16.2. The Balaban J connectivity index is 2.06. The van der Waals surface area contributed by atoms with Crippen molar-refractivity contribution >= 4 is 11.6 Å². The van der Waals surface area contributed by atoms with Gasteiger partial charge in [0.25, 0.3) is 0 Å². The summed E-state index contributed by atoms with van der Waals surface area (Å²) in [5.74, 6) is 1.52. The van der Waals surface area contributed by atoms with Crippen molar-refractivity contribution in [2.45, 2.75) is 39.0 Å². The molecule has 0 aromatic heterocycles. The van der Waals surface area contributed by atoms with E-state index in [1.807, 2.05) is 19.1 Å². The number of carbonyl (C=O) groups excluding carboxylic acids is 1. The minimum atomic E-state index is 0.0199. The average molecular weight is 304 g/mol. The van der Waals surface area contributed by atoms with Crippen molar-refractivity contribution in [2.75, 3.05) is 14.2 Å². The van der Waals surface area contributed by atoms with Crippen LogP contribution in [0.4, 0.5) is 0 Å². The highest BCUT2D eigenvalue weighted by Gasteiger charge is 2.20. The van der Waals surface area contributed by atoms with E-state index in [1.54, 1.807) is 20.3 Å². The molecule has 0 atom stereocenters. The van der Waals surface area contributed by atoms with Crippen LogP contribution < -0.4 is 14.9 Å². The lowest BCUT2D eigenvalue weighted by Crippen LogP contribution is -2.29. The van der Waals surface area contributed by atoms with E-state index < -0.39 is 0 Å². The molecular weight excluding hydrogens is 280 g/mol. The van der Waals surface area contributed by atoms with Crippen molar-refractivity contribution in [3.63, 3.8) is 0 Å². The molecule has 1 amide bonds. The van der Waals surface area contributed by atoms with E-state index in [0.717, 1.165) is 37.0 Å². The Morgan fingerprint density at radius 1 is 1.18 bits per heavy atom. The predicted octanol–water partition coefficient (Wildman–Crippen LogP) is 3.12. The molecule has 1 N–H and O–H groups in total. The van der Waals surface area contributed by atoms with Crippen LogP contribution in [0.1, 0.15) is 44.6 Å². The van der Waals surface area contributed by atoms with Crippen LogP contribution in [0.25, 0.3) is 0 Å². The minimum absolute atomic E-state index is 0.0199. The zero-order valence-corrected chi connectivity index (χ0v) is 13.5. The summed E-state index contributed by atoms with van der Waals surface area (Å²) >= 11 is 0. The van der Waals surface area contributed by atoms with Crippen LogP contribution in [0.15, 0.2) is 23.3 Å². The van der Waals surface area contributed by atoms with Crippen LogP contribution in [0.3, 0.4) is 0 Å². The summed E-state index contributed by atoms with van der Waals surface area (Å²) < 4.78 is 10.5. The van der Waals surface area contributed by atoms with Crippen molar-refractivity contribution in [1.82, 2.24) is 5.43 Å². The predicted molar refractivity (Wildman–Crippen MR) is 86.5 cm³/mol. The van der Waals surface area contributed by atoms with Crippen molar-refractivity contribution in [3.8, 4) is 11.5 Å². The Hall–Kier alpha value is -2.04. The molecule has 0 aliphatic heterocycles. The third-order valence-electron chi connectivity index (χ3n) is 4.11. The summed E-state index contributed by atoms with van der Waals surface area (Å²) in [6.07, 6.45) is 5.42. The third-order valence-corrected chi connectivity index (χ3v) is 4.11. The highest BCUT2D eigenvalue weighted by atomic mass is 16.5. The molecule has 1 aromatic rings. The summed E-state index contributed by atoms with van der Waals surface area (Å²) in [5.41, 5.74) is 4.24. The largest absolute Gasteiger partial charge is 0.497 e. The van der Waals surface area contributed by atoms with E-state index in [9.17, 15) is 4.79 Å². The Kier molecular flexibility index (Phi) is 5.81. The van der Waals surface area contributed by atoms with E-state index >= 15 is 0 Å². The summed E-state index contributed by atoms with van der Waals surface area (Å²) in [4.78, 5) is 12.1. The first-order valence-electron chi connectivity index (χ1n) is 7.72. The summed E-state index contributed by atoms with van der Waals surface area (Å²) in [5, 5.41) is 4.23. The van der Waals surface area contributed by atoms with Crippen LogP contribution in [0.2, 0.25) is 0 Å². The molecular formula is C17H24N2O3. The number of nitrogens with zero attached hydrogens (tertiary/aromatic N) is 1. The Morgan fingerprint density at radius 2 is 1.91 bits per heavy atom. The van der Waals surface area contributed by atoms with Crippen molar-refractivity contribution < 1.29 is 14.3 Å². The maximum Gasteiger partial charge on any atom is 0.243 e. The number of amides is 1. The fraction of sp³-hybridized carbons (Fsp3) is 0.529. The molecule has 1 aromatic carbocycles. The van der Waals surface area contributed by atoms with Gasteiger partial charge in [-0.25, -0.2) is 5.43 Å². The minimum Gasteiger partial charge on any atom is -0.497 e. The van der Waals surface area contributed by atoms with E-state index in [2.05, 4.69) is 10.5 Å². The second kappa shape index (κ2) is 7.82. The van der Waals surface area contributed by atoms with Gasteiger partial charge in [-0.1, -0.05) is 19.3 Å². The molecule has 0 radical (unpaired) electrons. The Morgan fingerprint density at radius 3 is 2.55 bits per heavy atom. The molecule has 0 heterocycles. The molecule has 0 spiro atoms. The fourth-order valence-electron chi connectivity index (χ4n) is 2.75. The zero-order valence-electron chi connectivity index (χ0n) is 13.5. The summed E-state index contributed by atoms with van der Waals surface area (Å²) in [6.45, 7) is 1.85. The first-order valence-corrected chi connectivity index (χ1v) is 7.72. The number of hydrazone groups is 1. The molecule has 5 nitrogen and oxygen atoms in total. The lowest BCUT2D eigenvalue weighted by Gasteiger charge is -2.19. The van der Waals surface area contributed by atoms with Crippen LogP contribution in [0.5, 0.6) is 11.5 Å². The summed E-state index contributed by atoms with van der Waals surface area (Å²) in [6, 6.07) is 5.53. The molecule has 0 bridgehead atoms. The van der Waals surface area contributed by atoms with Gasteiger partial charge in [-0.05, 0) is 31.9 Å². The highest BCUT2D eigenvalue weighted by Crippen LogP contribution is 2.25. The van der Waals surface area contributed by atoms with Gasteiger partial charge >= 0.3 is 0 Å².